The quantitative estimate of drug-likeness (QED) is 0.657. The van der Waals surface area contributed by atoms with Crippen molar-refractivity contribution in [3.05, 3.63) is 65.4 Å². The van der Waals surface area contributed by atoms with Crippen molar-refractivity contribution in [2.45, 2.75) is 25.3 Å². The molecule has 6 nitrogen and oxygen atoms in total. The maximum absolute atomic E-state index is 12.8. The van der Waals surface area contributed by atoms with E-state index in [0.717, 1.165) is 53.5 Å². The maximum Gasteiger partial charge on any atom is 0.254 e. The van der Waals surface area contributed by atoms with E-state index in [4.69, 9.17) is 5.26 Å². The summed E-state index contributed by atoms with van der Waals surface area (Å²) in [5, 5.41) is 21.4. The molecule has 150 valence electrons. The van der Waals surface area contributed by atoms with Gasteiger partial charge in [-0.25, -0.2) is 0 Å². The van der Waals surface area contributed by atoms with Gasteiger partial charge in [0.15, 0.2) is 0 Å². The monoisotopic (exact) mass is 397 g/mol. The Kier molecular flexibility index (Phi) is 4.61. The fraction of sp³-hybridized carbons (Fsp3) is 0.292. The summed E-state index contributed by atoms with van der Waals surface area (Å²) in [5.74, 6) is 0.449. The second-order valence-electron chi connectivity index (χ2n) is 8.10. The van der Waals surface area contributed by atoms with Gasteiger partial charge in [-0.05, 0) is 60.8 Å². The molecule has 5 rings (SSSR count). The number of H-pyrrole nitrogens is 1. The molecule has 1 fully saturated rings. The van der Waals surface area contributed by atoms with Crippen LogP contribution in [0.15, 0.2) is 48.6 Å². The third-order valence-electron chi connectivity index (χ3n) is 6.22. The van der Waals surface area contributed by atoms with Gasteiger partial charge in [0.1, 0.15) is 0 Å². The number of nitrogens with one attached hydrogen (secondary N) is 2. The molecule has 30 heavy (non-hydrogen) atoms. The molecule has 3 aromatic rings. The number of nitriles is 1. The molecule has 1 aromatic heterocycles. The summed E-state index contributed by atoms with van der Waals surface area (Å²) < 4.78 is 0. The molecule has 0 bridgehead atoms. The maximum atomic E-state index is 12.8. The zero-order valence-electron chi connectivity index (χ0n) is 16.7. The summed E-state index contributed by atoms with van der Waals surface area (Å²) in [6, 6.07) is 14.2. The summed E-state index contributed by atoms with van der Waals surface area (Å²) in [5.41, 5.74) is 6.45. The number of nitrogens with zero attached hydrogens (tertiary/aromatic N) is 3. The van der Waals surface area contributed by atoms with Crippen LogP contribution in [0.4, 0.5) is 0 Å². The van der Waals surface area contributed by atoms with Crippen molar-refractivity contribution < 1.29 is 4.79 Å². The van der Waals surface area contributed by atoms with E-state index in [-0.39, 0.29) is 12.5 Å². The van der Waals surface area contributed by atoms with Gasteiger partial charge in [0.25, 0.3) is 5.91 Å². The summed E-state index contributed by atoms with van der Waals surface area (Å²) in [6.07, 6.45) is 2.21. The van der Waals surface area contributed by atoms with Crippen LogP contribution in [0.25, 0.3) is 22.0 Å². The Hall–Kier alpha value is -3.43. The third-order valence-corrected chi connectivity index (χ3v) is 6.22. The first kappa shape index (κ1) is 18.6. The second kappa shape index (κ2) is 7.43. The summed E-state index contributed by atoms with van der Waals surface area (Å²) in [6.45, 7) is 6.55. The predicted molar refractivity (Wildman–Crippen MR) is 116 cm³/mol. The lowest BCUT2D eigenvalue weighted by molar-refractivity contribution is 0.0794. The Labute approximate surface area is 175 Å². The van der Waals surface area contributed by atoms with Gasteiger partial charge in [-0.15, -0.1) is 0 Å². The van der Waals surface area contributed by atoms with Crippen molar-refractivity contribution in [2.24, 2.45) is 0 Å². The number of hydrogen-bond donors (Lipinski definition) is 2. The van der Waals surface area contributed by atoms with Gasteiger partial charge in [-0.3, -0.25) is 9.89 Å². The molecule has 2 aliphatic rings. The van der Waals surface area contributed by atoms with Crippen molar-refractivity contribution in [3.63, 3.8) is 0 Å². The van der Waals surface area contributed by atoms with E-state index in [1.165, 1.54) is 5.69 Å². The van der Waals surface area contributed by atoms with Crippen LogP contribution < -0.4 is 5.32 Å². The van der Waals surface area contributed by atoms with Crippen LogP contribution in [-0.2, 0) is 6.54 Å². The average molecular weight is 397 g/mol. The molecule has 0 saturated carbocycles. The largest absolute Gasteiger partial charge is 0.329 e. The van der Waals surface area contributed by atoms with Gasteiger partial charge in [0, 0.05) is 34.7 Å². The highest BCUT2D eigenvalue weighted by Crippen LogP contribution is 2.36. The first-order chi connectivity index (χ1) is 14.7. The topological polar surface area (TPSA) is 84.8 Å². The lowest BCUT2D eigenvalue weighted by Crippen LogP contribution is -2.26. The summed E-state index contributed by atoms with van der Waals surface area (Å²) in [4.78, 5) is 14.5. The molecule has 1 saturated heterocycles. The number of benzene rings is 2. The number of aromatic nitrogens is 2. The zero-order chi connectivity index (χ0) is 20.7. The molecule has 0 aliphatic carbocycles. The van der Waals surface area contributed by atoms with E-state index in [1.807, 2.05) is 18.2 Å². The molecular weight excluding hydrogens is 374 g/mol. The van der Waals surface area contributed by atoms with Crippen LogP contribution in [0.5, 0.6) is 0 Å². The number of fused-ring (bicyclic) bond motifs is 2. The minimum Gasteiger partial charge on any atom is -0.329 e. The molecule has 2 N–H and O–H groups in total. The van der Waals surface area contributed by atoms with Gasteiger partial charge >= 0.3 is 0 Å². The summed E-state index contributed by atoms with van der Waals surface area (Å²) in [7, 11) is 0. The molecule has 0 spiro atoms. The van der Waals surface area contributed by atoms with Crippen LogP contribution >= 0.6 is 0 Å². The standard InChI is InChI=1S/C24H23N5O/c1-15(12-25)13-29-14-21-18(3-2-4-19(21)24(29)30)17-5-6-22-20(11-17)23(28-27-22)16-7-9-26-10-8-16/h2-6,11,16,26H,1,7-10,13-14H2,(H,27,28). The summed E-state index contributed by atoms with van der Waals surface area (Å²) >= 11 is 0. The Morgan fingerprint density at radius 3 is 2.83 bits per heavy atom. The molecule has 1 amide bonds. The van der Waals surface area contributed by atoms with E-state index < -0.39 is 0 Å². The van der Waals surface area contributed by atoms with Crippen molar-refractivity contribution in [1.29, 1.82) is 5.26 Å². The van der Waals surface area contributed by atoms with Gasteiger partial charge in [0.05, 0.1) is 18.1 Å². The van der Waals surface area contributed by atoms with Crippen LogP contribution in [0, 0.1) is 11.3 Å². The Morgan fingerprint density at radius 1 is 1.23 bits per heavy atom. The molecule has 0 unspecified atom stereocenters. The van der Waals surface area contributed by atoms with Crippen molar-refractivity contribution in [3.8, 4) is 17.2 Å². The fourth-order valence-electron chi connectivity index (χ4n) is 4.67. The average Bonchev–Trinajstić information content (AvgIpc) is 3.35. The van der Waals surface area contributed by atoms with E-state index in [9.17, 15) is 4.79 Å². The lowest BCUT2D eigenvalue weighted by Gasteiger charge is -2.21. The SMILES string of the molecule is C=C(C#N)CN1Cc2c(cccc2-c2ccc3n[nH]c(C4CCNCC4)c3c2)C1=O. The number of amides is 1. The Balaban J connectivity index is 1.54. The number of carbonyl (C=O) groups is 1. The van der Waals surface area contributed by atoms with Crippen LogP contribution in [0.3, 0.4) is 0 Å². The highest BCUT2D eigenvalue weighted by molar-refractivity contribution is 6.01. The number of carbonyl (C=O) groups excluding carboxylic acids is 1. The first-order valence-corrected chi connectivity index (χ1v) is 10.3. The number of aromatic amines is 1. The van der Waals surface area contributed by atoms with E-state index >= 15 is 0 Å². The van der Waals surface area contributed by atoms with Crippen LogP contribution in [-0.4, -0.2) is 40.6 Å². The van der Waals surface area contributed by atoms with Crippen LogP contribution in [0.2, 0.25) is 0 Å². The van der Waals surface area contributed by atoms with Crippen molar-refractivity contribution >= 4 is 16.8 Å². The number of piperidine rings is 1. The molecule has 2 aliphatic heterocycles. The smallest absolute Gasteiger partial charge is 0.254 e. The van der Waals surface area contributed by atoms with Crippen molar-refractivity contribution in [1.82, 2.24) is 20.4 Å². The zero-order valence-corrected chi connectivity index (χ0v) is 16.7. The van der Waals surface area contributed by atoms with E-state index in [0.29, 0.717) is 23.6 Å². The third kappa shape index (κ3) is 3.08. The van der Waals surface area contributed by atoms with Gasteiger partial charge in [-0.2, -0.15) is 10.4 Å². The Morgan fingerprint density at radius 2 is 2.03 bits per heavy atom. The molecular formula is C24H23N5O. The minimum atomic E-state index is -0.0389. The van der Waals surface area contributed by atoms with Crippen LogP contribution in [0.1, 0.15) is 40.4 Å². The fourth-order valence-corrected chi connectivity index (χ4v) is 4.67. The number of hydrogen-bond acceptors (Lipinski definition) is 4. The van der Waals surface area contributed by atoms with Gasteiger partial charge < -0.3 is 10.2 Å². The highest BCUT2D eigenvalue weighted by Gasteiger charge is 2.30. The first-order valence-electron chi connectivity index (χ1n) is 10.3. The normalized spacial score (nSPS) is 16.6. The molecule has 6 heteroatoms. The predicted octanol–water partition coefficient (Wildman–Crippen LogP) is 3.73. The molecule has 3 heterocycles. The molecule has 2 aromatic carbocycles. The highest BCUT2D eigenvalue weighted by atomic mass is 16.2. The van der Waals surface area contributed by atoms with Crippen molar-refractivity contribution in [2.75, 3.05) is 19.6 Å². The van der Waals surface area contributed by atoms with E-state index in [1.54, 1.807) is 4.90 Å². The molecule has 0 radical (unpaired) electrons. The second-order valence-corrected chi connectivity index (χ2v) is 8.10. The van der Waals surface area contributed by atoms with E-state index in [2.05, 4.69) is 46.4 Å². The Bertz CT molecular complexity index is 1200. The minimum absolute atomic E-state index is 0.0389. The van der Waals surface area contributed by atoms with Gasteiger partial charge in [0.2, 0.25) is 0 Å². The lowest BCUT2D eigenvalue weighted by atomic mass is 9.91. The van der Waals surface area contributed by atoms with Gasteiger partial charge in [-0.1, -0.05) is 24.8 Å². The molecule has 0 atom stereocenters. The number of rotatable bonds is 4.